The van der Waals surface area contributed by atoms with Crippen molar-refractivity contribution >= 4 is 11.6 Å². The van der Waals surface area contributed by atoms with Crippen LogP contribution in [0, 0.1) is 23.2 Å². The number of ether oxygens (including phenoxy) is 1. The topological polar surface area (TPSA) is 62.1 Å². The van der Waals surface area contributed by atoms with Crippen molar-refractivity contribution in [2.24, 2.45) is 11.8 Å². The standard InChI is InChI=1S/C25H20N2O2/c26-17-18-13-15-21(16-14-18)27-25(28)24(20-8-2-1-3-9-20)29-23-12-6-10-19-7-4-5-11-22(19)23/h1-16,19,22,24H,(H,27,28). The van der Waals surface area contributed by atoms with E-state index < -0.39 is 6.10 Å². The zero-order chi connectivity index (χ0) is 20.1. The third-order valence-electron chi connectivity index (χ3n) is 4.98. The lowest BCUT2D eigenvalue weighted by molar-refractivity contribution is -0.125. The molecule has 0 bridgehead atoms. The second kappa shape index (κ2) is 8.45. The molecule has 4 heteroatoms. The zero-order valence-electron chi connectivity index (χ0n) is 15.7. The lowest BCUT2D eigenvalue weighted by Crippen LogP contribution is -2.26. The Morgan fingerprint density at radius 3 is 2.45 bits per heavy atom. The SMILES string of the molecule is N#Cc1ccc(NC(=O)C(OC2=CC=CC3C=CC=CC23)c2ccccc2)cc1. The first-order valence-corrected chi connectivity index (χ1v) is 9.50. The van der Waals surface area contributed by atoms with E-state index in [1.54, 1.807) is 24.3 Å². The molecule has 0 fully saturated rings. The van der Waals surface area contributed by atoms with E-state index in [0.29, 0.717) is 11.3 Å². The Hall–Kier alpha value is -3.84. The first-order chi connectivity index (χ1) is 14.2. The van der Waals surface area contributed by atoms with E-state index in [1.807, 2.05) is 54.6 Å². The number of nitrogens with one attached hydrogen (secondary N) is 1. The Labute approximate surface area is 170 Å². The number of nitriles is 1. The van der Waals surface area contributed by atoms with E-state index in [2.05, 4.69) is 29.6 Å². The molecule has 0 aromatic heterocycles. The first-order valence-electron chi connectivity index (χ1n) is 9.50. The number of allylic oxidation sites excluding steroid dienone is 7. The van der Waals surface area contributed by atoms with E-state index in [-0.39, 0.29) is 17.7 Å². The fourth-order valence-electron chi connectivity index (χ4n) is 3.47. The van der Waals surface area contributed by atoms with Gasteiger partial charge in [0, 0.05) is 23.1 Å². The van der Waals surface area contributed by atoms with Gasteiger partial charge >= 0.3 is 0 Å². The summed E-state index contributed by atoms with van der Waals surface area (Å²) in [5.74, 6) is 0.821. The highest BCUT2D eigenvalue weighted by molar-refractivity contribution is 5.95. The Balaban J connectivity index is 1.58. The number of nitrogens with zero attached hydrogens (tertiary/aromatic N) is 1. The van der Waals surface area contributed by atoms with Gasteiger partial charge in [0.15, 0.2) is 0 Å². The van der Waals surface area contributed by atoms with Crippen molar-refractivity contribution in [2.45, 2.75) is 6.10 Å². The monoisotopic (exact) mass is 380 g/mol. The summed E-state index contributed by atoms with van der Waals surface area (Å²) in [5.41, 5.74) is 1.94. The highest BCUT2D eigenvalue weighted by atomic mass is 16.5. The van der Waals surface area contributed by atoms with Crippen molar-refractivity contribution in [3.8, 4) is 6.07 Å². The minimum Gasteiger partial charge on any atom is -0.479 e. The van der Waals surface area contributed by atoms with Gasteiger partial charge in [0.25, 0.3) is 5.91 Å². The number of rotatable bonds is 5. The maximum atomic E-state index is 13.1. The van der Waals surface area contributed by atoms with Crippen LogP contribution < -0.4 is 5.32 Å². The van der Waals surface area contributed by atoms with Crippen LogP contribution in [-0.2, 0) is 9.53 Å². The number of amides is 1. The summed E-state index contributed by atoms with van der Waals surface area (Å²) in [7, 11) is 0. The van der Waals surface area contributed by atoms with Crippen LogP contribution >= 0.6 is 0 Å². The summed E-state index contributed by atoms with van der Waals surface area (Å²) < 4.78 is 6.29. The molecule has 3 atom stereocenters. The average molecular weight is 380 g/mol. The fraction of sp³-hybridized carbons (Fsp3) is 0.120. The molecule has 0 saturated carbocycles. The molecule has 29 heavy (non-hydrogen) atoms. The molecule has 142 valence electrons. The van der Waals surface area contributed by atoms with Crippen molar-refractivity contribution in [3.63, 3.8) is 0 Å². The van der Waals surface area contributed by atoms with Crippen LogP contribution in [0.5, 0.6) is 0 Å². The van der Waals surface area contributed by atoms with Crippen molar-refractivity contribution in [3.05, 3.63) is 114 Å². The van der Waals surface area contributed by atoms with Gasteiger partial charge in [0.05, 0.1) is 11.6 Å². The average Bonchev–Trinajstić information content (AvgIpc) is 2.78. The van der Waals surface area contributed by atoms with E-state index in [1.165, 1.54) is 0 Å². The third kappa shape index (κ3) is 4.20. The molecule has 0 radical (unpaired) electrons. The van der Waals surface area contributed by atoms with Gasteiger partial charge in [-0.3, -0.25) is 4.79 Å². The van der Waals surface area contributed by atoms with E-state index >= 15 is 0 Å². The molecule has 4 rings (SSSR count). The summed E-state index contributed by atoms with van der Waals surface area (Å²) in [5, 5.41) is 11.8. The van der Waals surface area contributed by atoms with Crippen LogP contribution in [0.25, 0.3) is 0 Å². The van der Waals surface area contributed by atoms with Crippen LogP contribution in [0.2, 0.25) is 0 Å². The van der Waals surface area contributed by atoms with Crippen LogP contribution in [0.15, 0.2) is 103 Å². The van der Waals surface area contributed by atoms with E-state index in [9.17, 15) is 4.79 Å². The minimum atomic E-state index is -0.787. The number of carbonyl (C=O) groups is 1. The van der Waals surface area contributed by atoms with Gasteiger partial charge in [-0.25, -0.2) is 0 Å². The molecule has 2 aliphatic carbocycles. The number of anilines is 1. The number of benzene rings is 2. The molecule has 3 unspecified atom stereocenters. The van der Waals surface area contributed by atoms with Gasteiger partial charge < -0.3 is 10.1 Å². The van der Waals surface area contributed by atoms with Crippen molar-refractivity contribution in [1.82, 2.24) is 0 Å². The summed E-state index contributed by atoms with van der Waals surface area (Å²) >= 11 is 0. The van der Waals surface area contributed by atoms with Gasteiger partial charge in [0.2, 0.25) is 6.10 Å². The molecular formula is C25H20N2O2. The van der Waals surface area contributed by atoms with Crippen LogP contribution in [0.4, 0.5) is 5.69 Å². The molecule has 0 spiro atoms. The maximum absolute atomic E-state index is 13.1. The smallest absolute Gasteiger partial charge is 0.270 e. The lowest BCUT2D eigenvalue weighted by Gasteiger charge is -2.30. The molecule has 0 aliphatic heterocycles. The summed E-state index contributed by atoms with van der Waals surface area (Å²) in [6.45, 7) is 0. The Morgan fingerprint density at radius 2 is 1.69 bits per heavy atom. The van der Waals surface area contributed by atoms with Crippen molar-refractivity contribution in [1.29, 1.82) is 5.26 Å². The predicted molar refractivity (Wildman–Crippen MR) is 113 cm³/mol. The van der Waals surface area contributed by atoms with Gasteiger partial charge in [-0.2, -0.15) is 5.26 Å². The molecule has 1 N–H and O–H groups in total. The fourth-order valence-corrected chi connectivity index (χ4v) is 3.47. The number of carbonyl (C=O) groups excluding carboxylic acids is 1. The first kappa shape index (κ1) is 18.5. The predicted octanol–water partition coefficient (Wildman–Crippen LogP) is 5.07. The lowest BCUT2D eigenvalue weighted by atomic mass is 9.83. The van der Waals surface area contributed by atoms with Crippen LogP contribution in [-0.4, -0.2) is 5.91 Å². The minimum absolute atomic E-state index is 0.0823. The van der Waals surface area contributed by atoms with Crippen LogP contribution in [0.1, 0.15) is 17.2 Å². The molecule has 0 saturated heterocycles. The number of hydrogen-bond acceptors (Lipinski definition) is 3. The quantitative estimate of drug-likeness (QED) is 0.788. The Morgan fingerprint density at radius 1 is 0.966 bits per heavy atom. The second-order valence-corrected chi connectivity index (χ2v) is 6.91. The van der Waals surface area contributed by atoms with E-state index in [4.69, 9.17) is 10.00 Å². The van der Waals surface area contributed by atoms with Gasteiger partial charge in [-0.1, -0.05) is 66.8 Å². The molecule has 1 amide bonds. The summed E-state index contributed by atoms with van der Waals surface area (Å²) in [6, 6.07) is 18.3. The number of hydrogen-bond donors (Lipinski definition) is 1. The molecule has 0 heterocycles. The molecule has 2 aromatic carbocycles. The van der Waals surface area contributed by atoms with Gasteiger partial charge in [0.1, 0.15) is 5.76 Å². The van der Waals surface area contributed by atoms with Crippen LogP contribution in [0.3, 0.4) is 0 Å². The maximum Gasteiger partial charge on any atom is 0.270 e. The molecule has 4 nitrogen and oxygen atoms in total. The highest BCUT2D eigenvalue weighted by Crippen LogP contribution is 2.35. The van der Waals surface area contributed by atoms with E-state index in [0.717, 1.165) is 11.3 Å². The highest BCUT2D eigenvalue weighted by Gasteiger charge is 2.29. The Kier molecular flexibility index (Phi) is 5.40. The molecule has 2 aromatic rings. The zero-order valence-corrected chi connectivity index (χ0v) is 15.7. The molecule has 2 aliphatic rings. The largest absolute Gasteiger partial charge is 0.479 e. The van der Waals surface area contributed by atoms with Crippen molar-refractivity contribution in [2.75, 3.05) is 5.32 Å². The third-order valence-corrected chi connectivity index (χ3v) is 4.98. The number of fused-ring (bicyclic) bond motifs is 1. The van der Waals surface area contributed by atoms with Gasteiger partial charge in [-0.15, -0.1) is 0 Å². The van der Waals surface area contributed by atoms with Crippen molar-refractivity contribution < 1.29 is 9.53 Å². The normalized spacial score (nSPS) is 20.2. The Bertz CT molecular complexity index is 1040. The molecular weight excluding hydrogens is 360 g/mol. The summed E-state index contributed by atoms with van der Waals surface area (Å²) in [4.78, 5) is 13.1. The van der Waals surface area contributed by atoms with Gasteiger partial charge in [-0.05, 0) is 30.3 Å². The summed E-state index contributed by atoms with van der Waals surface area (Å²) in [6.07, 6.45) is 13.5. The second-order valence-electron chi connectivity index (χ2n) is 6.91.